The number of nitrogens with two attached hydrogens (primary N) is 1. The predicted molar refractivity (Wildman–Crippen MR) is 69.9 cm³/mol. The van der Waals surface area contributed by atoms with Gasteiger partial charge in [0.15, 0.2) is 0 Å². The number of hydrogen-bond acceptors (Lipinski definition) is 3. The quantitative estimate of drug-likeness (QED) is 0.519. The van der Waals surface area contributed by atoms with Crippen molar-refractivity contribution in [3.63, 3.8) is 0 Å². The molecule has 2 aromatic rings. The van der Waals surface area contributed by atoms with Crippen LogP contribution in [0.4, 0.5) is 13.2 Å². The zero-order chi connectivity index (χ0) is 14.8. The lowest BCUT2D eigenvalue weighted by Gasteiger charge is -2.17. The first-order chi connectivity index (χ1) is 9.41. The molecule has 0 amide bonds. The molecule has 7 heteroatoms. The molecule has 1 aromatic heterocycles. The lowest BCUT2D eigenvalue weighted by Crippen LogP contribution is -2.28. The minimum atomic E-state index is -4.36. The van der Waals surface area contributed by atoms with Crippen LogP contribution in [0.5, 0.6) is 0 Å². The summed E-state index contributed by atoms with van der Waals surface area (Å²) >= 11 is 5.79. The highest BCUT2D eigenvalue weighted by atomic mass is 35.5. The third kappa shape index (κ3) is 3.27. The fourth-order valence-electron chi connectivity index (χ4n) is 1.85. The standard InChI is InChI=1S/C13H11ClF3N3/c14-11-7-9(5-6-19-11)12(20-18)8-1-3-10(4-2-8)13(15,16)17/h1-7,12,20H,18H2. The highest BCUT2D eigenvalue weighted by Gasteiger charge is 2.30. The molecule has 0 fully saturated rings. The second-order valence-electron chi connectivity index (χ2n) is 4.13. The summed E-state index contributed by atoms with van der Waals surface area (Å²) in [5.74, 6) is 5.48. The maximum atomic E-state index is 12.5. The first-order valence-electron chi connectivity index (χ1n) is 5.66. The second kappa shape index (κ2) is 5.78. The van der Waals surface area contributed by atoms with E-state index in [-0.39, 0.29) is 5.15 Å². The first kappa shape index (κ1) is 14.8. The molecule has 0 radical (unpaired) electrons. The third-order valence-corrected chi connectivity index (χ3v) is 3.03. The number of hydrazine groups is 1. The van der Waals surface area contributed by atoms with Gasteiger partial charge in [-0.25, -0.2) is 10.4 Å². The van der Waals surface area contributed by atoms with E-state index in [9.17, 15) is 13.2 Å². The average molecular weight is 302 g/mol. The molecule has 1 atom stereocenters. The Hall–Kier alpha value is -1.63. The van der Waals surface area contributed by atoms with E-state index in [1.165, 1.54) is 18.3 Å². The number of pyridine rings is 1. The Balaban J connectivity index is 2.33. The molecule has 0 aliphatic carbocycles. The smallest absolute Gasteiger partial charge is 0.271 e. The van der Waals surface area contributed by atoms with E-state index in [0.717, 1.165) is 12.1 Å². The van der Waals surface area contributed by atoms with Gasteiger partial charge in [-0.1, -0.05) is 23.7 Å². The van der Waals surface area contributed by atoms with Crippen LogP contribution in [0.1, 0.15) is 22.7 Å². The van der Waals surface area contributed by atoms with Gasteiger partial charge in [0.05, 0.1) is 11.6 Å². The Morgan fingerprint density at radius 2 is 1.75 bits per heavy atom. The molecule has 1 unspecified atom stereocenters. The summed E-state index contributed by atoms with van der Waals surface area (Å²) in [6, 6.07) is 7.62. The zero-order valence-corrected chi connectivity index (χ0v) is 10.9. The molecule has 0 spiro atoms. The number of nitrogens with one attached hydrogen (secondary N) is 1. The van der Waals surface area contributed by atoms with Crippen LogP contribution in [0.25, 0.3) is 0 Å². The number of alkyl halides is 3. The number of nitrogens with zero attached hydrogens (tertiary/aromatic N) is 1. The topological polar surface area (TPSA) is 50.9 Å². The molecule has 20 heavy (non-hydrogen) atoms. The van der Waals surface area contributed by atoms with Gasteiger partial charge in [-0.2, -0.15) is 13.2 Å². The Morgan fingerprint density at radius 3 is 2.25 bits per heavy atom. The fourth-order valence-corrected chi connectivity index (χ4v) is 2.03. The minimum Gasteiger partial charge on any atom is -0.271 e. The molecule has 3 nitrogen and oxygen atoms in total. The third-order valence-electron chi connectivity index (χ3n) is 2.82. The monoisotopic (exact) mass is 301 g/mol. The Kier molecular flexibility index (Phi) is 4.27. The molecular weight excluding hydrogens is 291 g/mol. The van der Waals surface area contributed by atoms with Gasteiger partial charge in [0, 0.05) is 6.20 Å². The molecular formula is C13H11ClF3N3. The summed E-state index contributed by atoms with van der Waals surface area (Å²) in [6.07, 6.45) is -2.85. The average Bonchev–Trinajstić information content (AvgIpc) is 2.39. The van der Waals surface area contributed by atoms with Crippen LogP contribution in [0.3, 0.4) is 0 Å². The summed E-state index contributed by atoms with van der Waals surface area (Å²) in [5, 5.41) is 0.287. The van der Waals surface area contributed by atoms with Gasteiger partial charge in [0.25, 0.3) is 0 Å². The summed E-state index contributed by atoms with van der Waals surface area (Å²) in [4.78, 5) is 3.84. The summed E-state index contributed by atoms with van der Waals surface area (Å²) in [5.41, 5.74) is 3.16. The van der Waals surface area contributed by atoms with Gasteiger partial charge in [-0.3, -0.25) is 5.84 Å². The Morgan fingerprint density at radius 1 is 1.10 bits per heavy atom. The van der Waals surface area contributed by atoms with E-state index < -0.39 is 17.8 Å². The van der Waals surface area contributed by atoms with Crippen LogP contribution in [0, 0.1) is 0 Å². The molecule has 3 N–H and O–H groups in total. The van der Waals surface area contributed by atoms with Gasteiger partial charge in [-0.05, 0) is 35.4 Å². The van der Waals surface area contributed by atoms with Crippen LogP contribution in [-0.2, 0) is 6.18 Å². The second-order valence-corrected chi connectivity index (χ2v) is 4.52. The highest BCUT2D eigenvalue weighted by molar-refractivity contribution is 6.29. The molecule has 0 saturated heterocycles. The molecule has 2 rings (SSSR count). The van der Waals surface area contributed by atoms with Crippen molar-refractivity contribution < 1.29 is 13.2 Å². The number of benzene rings is 1. The minimum absolute atomic E-state index is 0.287. The van der Waals surface area contributed by atoms with Crippen LogP contribution in [0.15, 0.2) is 42.6 Å². The maximum absolute atomic E-state index is 12.5. The molecule has 0 aliphatic heterocycles. The summed E-state index contributed by atoms with van der Waals surface area (Å²) in [7, 11) is 0. The molecule has 0 bridgehead atoms. The van der Waals surface area contributed by atoms with Crippen LogP contribution < -0.4 is 11.3 Å². The number of hydrogen-bond donors (Lipinski definition) is 2. The van der Waals surface area contributed by atoms with E-state index in [0.29, 0.717) is 11.1 Å². The summed E-state index contributed by atoms with van der Waals surface area (Å²) < 4.78 is 37.5. The first-order valence-corrected chi connectivity index (χ1v) is 6.04. The lowest BCUT2D eigenvalue weighted by molar-refractivity contribution is -0.137. The predicted octanol–water partition coefficient (Wildman–Crippen LogP) is 3.31. The van der Waals surface area contributed by atoms with E-state index in [1.807, 2.05) is 0 Å². The van der Waals surface area contributed by atoms with Crippen molar-refractivity contribution in [1.82, 2.24) is 10.4 Å². The van der Waals surface area contributed by atoms with Crippen molar-refractivity contribution in [3.8, 4) is 0 Å². The zero-order valence-electron chi connectivity index (χ0n) is 10.2. The molecule has 1 heterocycles. The van der Waals surface area contributed by atoms with Gasteiger partial charge in [0.2, 0.25) is 0 Å². The maximum Gasteiger partial charge on any atom is 0.416 e. The van der Waals surface area contributed by atoms with Crippen molar-refractivity contribution >= 4 is 11.6 Å². The molecule has 0 saturated carbocycles. The van der Waals surface area contributed by atoms with Crippen LogP contribution >= 0.6 is 11.6 Å². The number of aromatic nitrogens is 1. The van der Waals surface area contributed by atoms with E-state index in [1.54, 1.807) is 12.1 Å². The normalized spacial score (nSPS) is 13.2. The van der Waals surface area contributed by atoms with E-state index in [2.05, 4.69) is 10.4 Å². The van der Waals surface area contributed by atoms with E-state index >= 15 is 0 Å². The van der Waals surface area contributed by atoms with Gasteiger partial charge >= 0.3 is 6.18 Å². The van der Waals surface area contributed by atoms with Crippen molar-refractivity contribution in [1.29, 1.82) is 0 Å². The SMILES string of the molecule is NNC(c1ccc(C(F)(F)F)cc1)c1ccnc(Cl)c1. The van der Waals surface area contributed by atoms with Crippen molar-refractivity contribution in [2.45, 2.75) is 12.2 Å². The summed E-state index contributed by atoms with van der Waals surface area (Å²) in [6.45, 7) is 0. The fraction of sp³-hybridized carbons (Fsp3) is 0.154. The number of halogens is 4. The largest absolute Gasteiger partial charge is 0.416 e. The molecule has 106 valence electrons. The highest BCUT2D eigenvalue weighted by Crippen LogP contribution is 2.31. The van der Waals surface area contributed by atoms with E-state index in [4.69, 9.17) is 17.4 Å². The Labute approximate surface area is 118 Å². The molecule has 0 aliphatic rings. The lowest BCUT2D eigenvalue weighted by atomic mass is 9.99. The molecule has 1 aromatic carbocycles. The number of rotatable bonds is 3. The van der Waals surface area contributed by atoms with Crippen molar-refractivity contribution in [3.05, 3.63) is 64.4 Å². The van der Waals surface area contributed by atoms with Crippen LogP contribution in [-0.4, -0.2) is 4.98 Å². The van der Waals surface area contributed by atoms with Gasteiger partial charge in [-0.15, -0.1) is 0 Å². The van der Waals surface area contributed by atoms with Gasteiger partial charge in [0.1, 0.15) is 5.15 Å². The van der Waals surface area contributed by atoms with Crippen molar-refractivity contribution in [2.24, 2.45) is 5.84 Å². The van der Waals surface area contributed by atoms with Crippen LogP contribution in [0.2, 0.25) is 5.15 Å². The van der Waals surface area contributed by atoms with Gasteiger partial charge < -0.3 is 0 Å². The Bertz CT molecular complexity index is 584. The van der Waals surface area contributed by atoms with Crippen molar-refractivity contribution in [2.75, 3.05) is 0 Å².